The van der Waals surface area contributed by atoms with Crippen LogP contribution in [-0.2, 0) is 10.2 Å². The largest absolute Gasteiger partial charge is 0.486 e. The highest BCUT2D eigenvalue weighted by Crippen LogP contribution is 2.30. The molecule has 0 saturated carbocycles. The quantitative estimate of drug-likeness (QED) is 0.825. The lowest BCUT2D eigenvalue weighted by molar-refractivity contribution is 0.0798. The van der Waals surface area contributed by atoms with Crippen LogP contribution in [0.3, 0.4) is 0 Å². The average Bonchev–Trinajstić information content (AvgIpc) is 2.27. The van der Waals surface area contributed by atoms with Gasteiger partial charge in [0.25, 0.3) is 10.2 Å². The van der Waals surface area contributed by atoms with Crippen molar-refractivity contribution in [3.8, 4) is 11.5 Å². The number of hydrogen-bond acceptors (Lipinski definition) is 4. The second-order valence-corrected chi connectivity index (χ2v) is 5.48. The van der Waals surface area contributed by atoms with Crippen molar-refractivity contribution in [3.05, 3.63) is 24.3 Å². The number of fused-ring (bicyclic) bond motifs is 1. The summed E-state index contributed by atoms with van der Waals surface area (Å²) in [6.07, 6.45) is -0.353. The van der Waals surface area contributed by atoms with E-state index in [9.17, 15) is 8.42 Å². The zero-order valence-electron chi connectivity index (χ0n) is 9.37. The van der Waals surface area contributed by atoms with Crippen LogP contribution in [0.1, 0.15) is 0 Å². The molecule has 1 aromatic rings. The molecule has 94 valence electrons. The molecule has 6 nitrogen and oxygen atoms in total. The van der Waals surface area contributed by atoms with E-state index in [2.05, 4.69) is 0 Å². The van der Waals surface area contributed by atoms with Gasteiger partial charge in [-0.15, -0.1) is 0 Å². The molecule has 1 aliphatic heterocycles. The topological polar surface area (TPSA) is 81.9 Å². The van der Waals surface area contributed by atoms with E-state index < -0.39 is 10.2 Å². The SMILES string of the molecule is CN(CC1COc2ccccc2O1)S(N)(=O)=O. The minimum Gasteiger partial charge on any atom is -0.486 e. The summed E-state index contributed by atoms with van der Waals surface area (Å²) in [6, 6.07) is 7.25. The standard InChI is InChI=1S/C10H14N2O4S/c1-12(17(11,13)14)6-8-7-15-9-4-2-3-5-10(9)16-8/h2-5,8H,6-7H2,1H3,(H2,11,13,14). The van der Waals surface area contributed by atoms with Gasteiger partial charge in [-0.3, -0.25) is 0 Å². The molecule has 0 bridgehead atoms. The van der Waals surface area contributed by atoms with Gasteiger partial charge in [-0.1, -0.05) is 12.1 Å². The molecule has 0 fully saturated rings. The molecule has 2 N–H and O–H groups in total. The number of nitrogens with zero attached hydrogens (tertiary/aromatic N) is 1. The second kappa shape index (κ2) is 4.52. The first-order chi connectivity index (χ1) is 7.97. The van der Waals surface area contributed by atoms with Gasteiger partial charge in [0, 0.05) is 7.05 Å². The molecule has 0 aliphatic carbocycles. The smallest absolute Gasteiger partial charge is 0.276 e. The van der Waals surface area contributed by atoms with Crippen LogP contribution in [0, 0.1) is 0 Å². The van der Waals surface area contributed by atoms with Gasteiger partial charge in [-0.05, 0) is 12.1 Å². The lowest BCUT2D eigenvalue weighted by atomic mass is 10.2. The first-order valence-electron chi connectivity index (χ1n) is 5.09. The molecule has 1 heterocycles. The summed E-state index contributed by atoms with van der Waals surface area (Å²) in [6.45, 7) is 0.462. The molecule has 1 atom stereocenters. The van der Waals surface area contributed by atoms with Gasteiger partial charge < -0.3 is 9.47 Å². The molecule has 17 heavy (non-hydrogen) atoms. The highest BCUT2D eigenvalue weighted by atomic mass is 32.2. The number of benzene rings is 1. The van der Waals surface area contributed by atoms with Crippen molar-refractivity contribution in [1.82, 2.24) is 4.31 Å². The minimum atomic E-state index is -3.68. The molecule has 2 rings (SSSR count). The fourth-order valence-electron chi connectivity index (χ4n) is 1.54. The van der Waals surface area contributed by atoms with E-state index in [1.165, 1.54) is 7.05 Å². The van der Waals surface area contributed by atoms with Gasteiger partial charge in [0.1, 0.15) is 12.7 Å². The maximum Gasteiger partial charge on any atom is 0.276 e. The summed E-state index contributed by atoms with van der Waals surface area (Å²) in [5.74, 6) is 1.29. The van der Waals surface area contributed by atoms with Crippen LogP contribution in [-0.4, -0.2) is 39.0 Å². The minimum absolute atomic E-state index is 0.160. The van der Waals surface area contributed by atoms with Gasteiger partial charge in [0.2, 0.25) is 0 Å². The van der Waals surface area contributed by atoms with Crippen LogP contribution in [0.4, 0.5) is 0 Å². The summed E-state index contributed by atoms with van der Waals surface area (Å²) in [5.41, 5.74) is 0. The summed E-state index contributed by atoms with van der Waals surface area (Å²) >= 11 is 0. The van der Waals surface area contributed by atoms with Crippen molar-refractivity contribution in [2.24, 2.45) is 5.14 Å². The molecule has 0 radical (unpaired) electrons. The lowest BCUT2D eigenvalue weighted by Gasteiger charge is -2.28. The molecule has 0 amide bonds. The Kier molecular flexibility index (Phi) is 3.23. The highest BCUT2D eigenvalue weighted by Gasteiger charge is 2.24. The van der Waals surface area contributed by atoms with Gasteiger partial charge in [0.05, 0.1) is 6.54 Å². The van der Waals surface area contributed by atoms with Crippen LogP contribution < -0.4 is 14.6 Å². The van der Waals surface area contributed by atoms with Crippen molar-refractivity contribution in [2.75, 3.05) is 20.2 Å². The van der Waals surface area contributed by atoms with Gasteiger partial charge in [0.15, 0.2) is 11.5 Å². The van der Waals surface area contributed by atoms with Crippen LogP contribution in [0.2, 0.25) is 0 Å². The Hall–Kier alpha value is -1.31. The van der Waals surface area contributed by atoms with E-state index in [0.29, 0.717) is 18.1 Å². The molecule has 7 heteroatoms. The predicted octanol–water partition coefficient (Wildman–Crippen LogP) is -0.0383. The Morgan fingerprint density at radius 3 is 2.71 bits per heavy atom. The van der Waals surface area contributed by atoms with E-state index >= 15 is 0 Å². The molecule has 0 saturated heterocycles. The van der Waals surface area contributed by atoms with Crippen LogP contribution in [0.15, 0.2) is 24.3 Å². The lowest BCUT2D eigenvalue weighted by Crippen LogP contribution is -2.44. The number of rotatable bonds is 3. The maximum absolute atomic E-state index is 11.1. The van der Waals surface area contributed by atoms with E-state index in [4.69, 9.17) is 14.6 Å². The summed E-state index contributed by atoms with van der Waals surface area (Å²) in [4.78, 5) is 0. The first kappa shape index (κ1) is 12.2. The summed E-state index contributed by atoms with van der Waals surface area (Å²) < 4.78 is 34.2. The van der Waals surface area contributed by atoms with E-state index in [1.54, 1.807) is 12.1 Å². The summed E-state index contributed by atoms with van der Waals surface area (Å²) in [5, 5.41) is 4.99. The molecule has 0 spiro atoms. The Morgan fingerprint density at radius 2 is 2.06 bits per heavy atom. The Labute approximate surface area is 100 Å². The monoisotopic (exact) mass is 258 g/mol. The molecular weight excluding hydrogens is 244 g/mol. The van der Waals surface area contributed by atoms with E-state index in [1.807, 2.05) is 12.1 Å². The van der Waals surface area contributed by atoms with Gasteiger partial charge in [-0.2, -0.15) is 12.7 Å². The van der Waals surface area contributed by atoms with Gasteiger partial charge >= 0.3 is 0 Å². The Bertz CT molecular complexity index is 503. The van der Waals surface area contributed by atoms with Crippen molar-refractivity contribution in [3.63, 3.8) is 0 Å². The van der Waals surface area contributed by atoms with Gasteiger partial charge in [-0.25, -0.2) is 5.14 Å². The number of likely N-dealkylation sites (N-methyl/N-ethyl adjacent to an activating group) is 1. The fraction of sp³-hybridized carbons (Fsp3) is 0.400. The van der Waals surface area contributed by atoms with Crippen molar-refractivity contribution in [1.29, 1.82) is 0 Å². The molecule has 0 aromatic heterocycles. The first-order valence-corrected chi connectivity index (χ1v) is 6.59. The van der Waals surface area contributed by atoms with Crippen LogP contribution >= 0.6 is 0 Å². The zero-order chi connectivity index (χ0) is 12.5. The predicted molar refractivity (Wildman–Crippen MR) is 62.1 cm³/mol. The zero-order valence-corrected chi connectivity index (χ0v) is 10.2. The number of hydrogen-bond donors (Lipinski definition) is 1. The van der Waals surface area contributed by atoms with E-state index in [0.717, 1.165) is 4.31 Å². The second-order valence-electron chi connectivity index (χ2n) is 3.82. The normalized spacial score (nSPS) is 19.4. The highest BCUT2D eigenvalue weighted by molar-refractivity contribution is 7.86. The number of ether oxygens (including phenoxy) is 2. The maximum atomic E-state index is 11.1. The van der Waals surface area contributed by atoms with Crippen LogP contribution in [0.25, 0.3) is 0 Å². The number of para-hydroxylation sites is 2. The van der Waals surface area contributed by atoms with E-state index in [-0.39, 0.29) is 12.6 Å². The van der Waals surface area contributed by atoms with Crippen LogP contribution in [0.5, 0.6) is 11.5 Å². The molecule has 1 unspecified atom stereocenters. The van der Waals surface area contributed by atoms with Crippen molar-refractivity contribution < 1.29 is 17.9 Å². The van der Waals surface area contributed by atoms with Crippen molar-refractivity contribution in [2.45, 2.75) is 6.10 Å². The average molecular weight is 258 g/mol. The molecule has 1 aromatic carbocycles. The molecular formula is C10H14N2O4S. The number of nitrogens with two attached hydrogens (primary N) is 1. The third-order valence-electron chi connectivity index (χ3n) is 2.46. The third kappa shape index (κ3) is 2.87. The van der Waals surface area contributed by atoms with Crippen molar-refractivity contribution >= 4 is 10.2 Å². The summed E-state index contributed by atoms with van der Waals surface area (Å²) in [7, 11) is -2.28. The fourth-order valence-corrected chi connectivity index (χ4v) is 1.92. The molecule has 1 aliphatic rings. The Balaban J connectivity index is 2.04. The Morgan fingerprint density at radius 1 is 1.41 bits per heavy atom. The third-order valence-corrected chi connectivity index (χ3v) is 3.48.